The Morgan fingerprint density at radius 1 is 1.22 bits per heavy atom. The summed E-state index contributed by atoms with van der Waals surface area (Å²) in [5.74, 6) is 0.321. The molecule has 0 fully saturated rings. The lowest BCUT2D eigenvalue weighted by Crippen LogP contribution is -2.30. The maximum Gasteiger partial charge on any atom is 0.193 e. The fourth-order valence-electron chi connectivity index (χ4n) is 2.87. The highest BCUT2D eigenvalue weighted by Crippen LogP contribution is 2.36. The summed E-state index contributed by atoms with van der Waals surface area (Å²) in [7, 11) is 0. The van der Waals surface area contributed by atoms with Crippen LogP contribution in [0.2, 0.25) is 0 Å². The van der Waals surface area contributed by atoms with Gasteiger partial charge in [-0.3, -0.25) is 0 Å². The zero-order valence-electron chi connectivity index (χ0n) is 13.1. The summed E-state index contributed by atoms with van der Waals surface area (Å²) < 4.78 is 0. The van der Waals surface area contributed by atoms with Crippen LogP contribution in [0.5, 0.6) is 0 Å². The Kier molecular flexibility index (Phi) is 5.64. The molecule has 23 heavy (non-hydrogen) atoms. The monoisotopic (exact) mass is 423 g/mol. The number of hydrogen-bond donors (Lipinski definition) is 3. The summed E-state index contributed by atoms with van der Waals surface area (Å²) in [6.07, 6.45) is 1.57. The number of benzene rings is 2. The predicted octanol–water partition coefficient (Wildman–Crippen LogP) is 3.17. The van der Waals surface area contributed by atoms with Crippen LogP contribution in [0.15, 0.2) is 53.5 Å². The first-order valence-corrected chi connectivity index (χ1v) is 7.51. The molecule has 3 rings (SSSR count). The largest absolute Gasteiger partial charge is 0.383 e. The van der Waals surface area contributed by atoms with Gasteiger partial charge in [-0.2, -0.15) is 0 Å². The Bertz CT molecular complexity index is 700. The van der Waals surface area contributed by atoms with Gasteiger partial charge in [0.1, 0.15) is 5.60 Å². The number of nitrogens with zero attached hydrogens (tertiary/aromatic N) is 1. The SMILES string of the molecule is Cc1ccc(NC(N)=NCC2(O)CCc3ccccc32)cc1.I. The molecule has 0 aromatic heterocycles. The number of nitrogens with one attached hydrogen (secondary N) is 1. The summed E-state index contributed by atoms with van der Waals surface area (Å²) in [5, 5.41) is 13.9. The van der Waals surface area contributed by atoms with Crippen molar-refractivity contribution < 1.29 is 5.11 Å². The molecule has 4 nitrogen and oxygen atoms in total. The Morgan fingerprint density at radius 2 is 1.91 bits per heavy atom. The molecule has 0 aliphatic heterocycles. The number of halogens is 1. The Hall–Kier alpha value is -1.60. The zero-order valence-corrected chi connectivity index (χ0v) is 15.5. The summed E-state index contributed by atoms with van der Waals surface area (Å²) in [6, 6.07) is 15.9. The minimum Gasteiger partial charge on any atom is -0.383 e. The molecule has 0 saturated heterocycles. The predicted molar refractivity (Wildman–Crippen MR) is 105 cm³/mol. The second-order valence-corrected chi connectivity index (χ2v) is 5.88. The smallest absolute Gasteiger partial charge is 0.193 e. The van der Waals surface area contributed by atoms with Crippen molar-refractivity contribution in [3.63, 3.8) is 0 Å². The highest BCUT2D eigenvalue weighted by molar-refractivity contribution is 14.0. The van der Waals surface area contributed by atoms with Crippen LogP contribution in [0.3, 0.4) is 0 Å². The van der Waals surface area contributed by atoms with E-state index in [1.54, 1.807) is 0 Å². The summed E-state index contributed by atoms with van der Waals surface area (Å²) >= 11 is 0. The van der Waals surface area contributed by atoms with E-state index >= 15 is 0 Å². The quantitative estimate of drug-likeness (QED) is 0.404. The topological polar surface area (TPSA) is 70.6 Å². The van der Waals surface area contributed by atoms with E-state index in [0.29, 0.717) is 12.4 Å². The van der Waals surface area contributed by atoms with Crippen molar-refractivity contribution in [2.24, 2.45) is 10.7 Å². The fraction of sp³-hybridized carbons (Fsp3) is 0.278. The first-order valence-electron chi connectivity index (χ1n) is 7.51. The lowest BCUT2D eigenvalue weighted by atomic mass is 9.96. The van der Waals surface area contributed by atoms with E-state index in [0.717, 1.165) is 17.7 Å². The van der Waals surface area contributed by atoms with Gasteiger partial charge in [-0.05, 0) is 43.0 Å². The van der Waals surface area contributed by atoms with Crippen LogP contribution in [0.1, 0.15) is 23.1 Å². The van der Waals surface area contributed by atoms with Gasteiger partial charge in [0, 0.05) is 5.69 Å². The minimum atomic E-state index is -0.907. The molecular weight excluding hydrogens is 401 g/mol. The lowest BCUT2D eigenvalue weighted by Gasteiger charge is -2.22. The van der Waals surface area contributed by atoms with E-state index < -0.39 is 5.60 Å². The highest BCUT2D eigenvalue weighted by atomic mass is 127. The molecular formula is C18H22IN3O. The molecule has 0 radical (unpaired) electrons. The zero-order chi connectivity index (χ0) is 15.6. The average molecular weight is 423 g/mol. The number of fused-ring (bicyclic) bond motifs is 1. The van der Waals surface area contributed by atoms with E-state index in [4.69, 9.17) is 5.73 Å². The molecule has 2 aromatic carbocycles. The molecule has 0 saturated carbocycles. The number of anilines is 1. The lowest BCUT2D eigenvalue weighted by molar-refractivity contribution is 0.0487. The van der Waals surface area contributed by atoms with Crippen LogP contribution in [-0.2, 0) is 12.0 Å². The fourth-order valence-corrected chi connectivity index (χ4v) is 2.87. The van der Waals surface area contributed by atoms with Gasteiger partial charge in [-0.25, -0.2) is 4.99 Å². The van der Waals surface area contributed by atoms with Gasteiger partial charge in [-0.1, -0.05) is 42.0 Å². The van der Waals surface area contributed by atoms with Crippen molar-refractivity contribution in [3.05, 3.63) is 65.2 Å². The Balaban J connectivity index is 0.00000192. The van der Waals surface area contributed by atoms with Crippen LogP contribution in [0.25, 0.3) is 0 Å². The molecule has 1 aliphatic carbocycles. The number of guanidine groups is 1. The second kappa shape index (κ2) is 7.31. The van der Waals surface area contributed by atoms with Crippen molar-refractivity contribution in [2.75, 3.05) is 11.9 Å². The maximum atomic E-state index is 10.8. The first kappa shape index (κ1) is 17.7. The van der Waals surface area contributed by atoms with Gasteiger partial charge in [0.25, 0.3) is 0 Å². The third-order valence-corrected chi connectivity index (χ3v) is 4.16. The van der Waals surface area contributed by atoms with E-state index in [1.807, 2.05) is 49.4 Å². The molecule has 0 heterocycles. The normalized spacial score (nSPS) is 19.8. The molecule has 4 N–H and O–H groups in total. The van der Waals surface area contributed by atoms with Crippen molar-refractivity contribution >= 4 is 35.6 Å². The van der Waals surface area contributed by atoms with Crippen LogP contribution in [0.4, 0.5) is 5.69 Å². The number of rotatable bonds is 3. The van der Waals surface area contributed by atoms with E-state index in [1.165, 1.54) is 11.1 Å². The number of hydrogen-bond acceptors (Lipinski definition) is 2. The van der Waals surface area contributed by atoms with E-state index in [2.05, 4.69) is 16.4 Å². The third-order valence-electron chi connectivity index (χ3n) is 4.16. The summed E-state index contributed by atoms with van der Waals surface area (Å²) in [4.78, 5) is 4.33. The molecule has 0 amide bonds. The maximum absolute atomic E-state index is 10.8. The van der Waals surface area contributed by atoms with Gasteiger partial charge >= 0.3 is 0 Å². The Morgan fingerprint density at radius 3 is 2.65 bits per heavy atom. The molecule has 0 bridgehead atoms. The third kappa shape index (κ3) is 4.03. The van der Waals surface area contributed by atoms with Gasteiger partial charge in [0.15, 0.2) is 5.96 Å². The summed E-state index contributed by atoms with van der Waals surface area (Å²) in [6.45, 7) is 2.31. The first-order chi connectivity index (χ1) is 10.6. The molecule has 122 valence electrons. The van der Waals surface area contributed by atoms with Crippen LogP contribution < -0.4 is 11.1 Å². The number of aryl methyl sites for hydroxylation is 2. The molecule has 5 heteroatoms. The number of aliphatic imine (C=N–C) groups is 1. The Labute approximate surface area is 153 Å². The van der Waals surface area contributed by atoms with Crippen LogP contribution in [0, 0.1) is 6.92 Å². The van der Waals surface area contributed by atoms with Crippen molar-refractivity contribution in [1.29, 1.82) is 0 Å². The molecule has 1 atom stereocenters. The highest BCUT2D eigenvalue weighted by Gasteiger charge is 2.36. The van der Waals surface area contributed by atoms with Gasteiger partial charge in [-0.15, -0.1) is 24.0 Å². The number of nitrogens with two attached hydrogens (primary N) is 1. The average Bonchev–Trinajstić information content (AvgIpc) is 2.86. The van der Waals surface area contributed by atoms with Crippen LogP contribution in [-0.4, -0.2) is 17.6 Å². The van der Waals surface area contributed by atoms with E-state index in [-0.39, 0.29) is 30.5 Å². The minimum absolute atomic E-state index is 0. The van der Waals surface area contributed by atoms with Crippen molar-refractivity contribution in [1.82, 2.24) is 0 Å². The molecule has 1 unspecified atom stereocenters. The van der Waals surface area contributed by atoms with E-state index in [9.17, 15) is 5.11 Å². The van der Waals surface area contributed by atoms with Crippen molar-refractivity contribution in [2.45, 2.75) is 25.4 Å². The van der Waals surface area contributed by atoms with Crippen LogP contribution >= 0.6 is 24.0 Å². The standard InChI is InChI=1S/C18H21N3O.HI/c1-13-6-8-15(9-7-13)21-17(19)20-12-18(22)11-10-14-4-2-3-5-16(14)18;/h2-9,22H,10-12H2,1H3,(H3,19,20,21);1H. The van der Waals surface area contributed by atoms with Gasteiger partial charge < -0.3 is 16.2 Å². The van der Waals surface area contributed by atoms with Crippen molar-refractivity contribution in [3.8, 4) is 0 Å². The molecule has 0 spiro atoms. The number of aliphatic hydroxyl groups is 1. The van der Waals surface area contributed by atoms with Gasteiger partial charge in [0.2, 0.25) is 0 Å². The summed E-state index contributed by atoms with van der Waals surface area (Å²) in [5.41, 5.74) is 9.28. The van der Waals surface area contributed by atoms with Gasteiger partial charge in [0.05, 0.1) is 6.54 Å². The molecule has 2 aromatic rings. The molecule has 1 aliphatic rings. The second-order valence-electron chi connectivity index (χ2n) is 5.88.